The van der Waals surface area contributed by atoms with Crippen molar-refractivity contribution in [2.75, 3.05) is 0 Å². The number of aromatic hydroxyl groups is 1. The van der Waals surface area contributed by atoms with E-state index in [-0.39, 0.29) is 17.1 Å². The lowest BCUT2D eigenvalue weighted by molar-refractivity contribution is -0.394. The molecule has 150 valence electrons. The standard InChI is InChI=1S/C20H13N3O7/c24-19-7-2-1-6-18(19)21-12-13-4-3-5-17(8-13)30-20(25)14-9-15(22(26)27)11-16(10-14)23(28)29/h1-12,24H. The summed E-state index contributed by atoms with van der Waals surface area (Å²) in [6, 6.07) is 15.3. The van der Waals surface area contributed by atoms with Gasteiger partial charge in [-0.3, -0.25) is 25.2 Å². The Labute approximate surface area is 169 Å². The normalized spacial score (nSPS) is 10.7. The summed E-state index contributed by atoms with van der Waals surface area (Å²) in [4.78, 5) is 36.8. The van der Waals surface area contributed by atoms with Crippen LogP contribution < -0.4 is 4.74 Å². The first-order chi connectivity index (χ1) is 14.3. The van der Waals surface area contributed by atoms with Crippen molar-refractivity contribution < 1.29 is 24.5 Å². The minimum absolute atomic E-state index is 0.00333. The third-order valence-electron chi connectivity index (χ3n) is 3.86. The first-order valence-electron chi connectivity index (χ1n) is 8.41. The second-order valence-corrected chi connectivity index (χ2v) is 5.96. The van der Waals surface area contributed by atoms with Gasteiger partial charge in [-0.25, -0.2) is 4.79 Å². The number of hydrogen-bond donors (Lipinski definition) is 1. The van der Waals surface area contributed by atoms with Crippen LogP contribution >= 0.6 is 0 Å². The first-order valence-corrected chi connectivity index (χ1v) is 8.41. The Kier molecular flexibility index (Phi) is 5.78. The summed E-state index contributed by atoms with van der Waals surface area (Å²) in [7, 11) is 0. The van der Waals surface area contributed by atoms with Crippen LogP contribution in [0.4, 0.5) is 17.1 Å². The van der Waals surface area contributed by atoms with E-state index in [0.29, 0.717) is 11.3 Å². The highest BCUT2D eigenvalue weighted by Gasteiger charge is 2.21. The number of carbonyl (C=O) groups is 1. The average molecular weight is 407 g/mol. The zero-order valence-electron chi connectivity index (χ0n) is 15.2. The Hall–Kier alpha value is -4.60. The van der Waals surface area contributed by atoms with E-state index in [1.54, 1.807) is 30.3 Å². The SMILES string of the molecule is O=C(Oc1cccc(C=Nc2ccccc2O)c1)c1cc([N+](=O)[O-])cc([N+](=O)[O-])c1. The molecule has 10 nitrogen and oxygen atoms in total. The molecule has 0 fully saturated rings. The number of hydrogen-bond acceptors (Lipinski definition) is 8. The maximum atomic E-state index is 12.4. The molecular formula is C20H13N3O7. The van der Waals surface area contributed by atoms with Crippen LogP contribution in [-0.4, -0.2) is 27.1 Å². The van der Waals surface area contributed by atoms with Crippen molar-refractivity contribution in [3.8, 4) is 11.5 Å². The summed E-state index contributed by atoms with van der Waals surface area (Å²) in [5.74, 6) is -0.879. The van der Waals surface area contributed by atoms with Crippen LogP contribution in [0.1, 0.15) is 15.9 Å². The highest BCUT2D eigenvalue weighted by Crippen LogP contribution is 2.26. The number of rotatable bonds is 6. The van der Waals surface area contributed by atoms with E-state index in [4.69, 9.17) is 4.74 Å². The monoisotopic (exact) mass is 407 g/mol. The number of esters is 1. The molecule has 3 aromatic carbocycles. The Balaban J connectivity index is 1.83. The molecule has 0 atom stereocenters. The van der Waals surface area contributed by atoms with Gasteiger partial charge >= 0.3 is 5.97 Å². The Bertz CT molecular complexity index is 1140. The lowest BCUT2D eigenvalue weighted by atomic mass is 10.1. The number of para-hydroxylation sites is 2. The van der Waals surface area contributed by atoms with Gasteiger partial charge in [0.1, 0.15) is 17.2 Å². The molecule has 0 unspecified atom stereocenters. The van der Waals surface area contributed by atoms with Crippen LogP contribution in [0.5, 0.6) is 11.5 Å². The van der Waals surface area contributed by atoms with Crippen molar-refractivity contribution in [1.29, 1.82) is 0 Å². The summed E-state index contributed by atoms with van der Waals surface area (Å²) in [6.45, 7) is 0. The van der Waals surface area contributed by atoms with Crippen molar-refractivity contribution in [1.82, 2.24) is 0 Å². The Morgan fingerprint density at radius 1 is 0.933 bits per heavy atom. The van der Waals surface area contributed by atoms with Crippen LogP contribution in [0.3, 0.4) is 0 Å². The molecule has 0 spiro atoms. The average Bonchev–Trinajstić information content (AvgIpc) is 2.73. The quantitative estimate of drug-likeness (QED) is 0.212. The van der Waals surface area contributed by atoms with E-state index < -0.39 is 27.2 Å². The van der Waals surface area contributed by atoms with Gasteiger partial charge in [-0.05, 0) is 29.8 Å². The molecule has 0 heterocycles. The molecule has 0 amide bonds. The summed E-state index contributed by atoms with van der Waals surface area (Å²) in [5.41, 5.74) is -0.624. The maximum absolute atomic E-state index is 12.4. The van der Waals surface area contributed by atoms with Crippen molar-refractivity contribution in [2.45, 2.75) is 0 Å². The molecule has 0 aliphatic rings. The molecule has 0 aliphatic carbocycles. The van der Waals surface area contributed by atoms with E-state index >= 15 is 0 Å². The summed E-state index contributed by atoms with van der Waals surface area (Å²) in [5, 5.41) is 31.7. The fourth-order valence-electron chi connectivity index (χ4n) is 2.47. The smallest absolute Gasteiger partial charge is 0.344 e. The van der Waals surface area contributed by atoms with Crippen molar-refractivity contribution in [2.24, 2.45) is 4.99 Å². The molecule has 10 heteroatoms. The summed E-state index contributed by atoms with van der Waals surface area (Å²) < 4.78 is 5.19. The van der Waals surface area contributed by atoms with Crippen LogP contribution in [0.2, 0.25) is 0 Å². The van der Waals surface area contributed by atoms with Gasteiger partial charge in [0.2, 0.25) is 0 Å². The molecule has 0 bridgehead atoms. The van der Waals surface area contributed by atoms with Crippen LogP contribution in [0.25, 0.3) is 0 Å². The van der Waals surface area contributed by atoms with Crippen molar-refractivity contribution >= 4 is 29.2 Å². The lowest BCUT2D eigenvalue weighted by Gasteiger charge is -2.05. The second-order valence-electron chi connectivity index (χ2n) is 5.96. The second kappa shape index (κ2) is 8.61. The third kappa shape index (κ3) is 4.81. The molecule has 0 saturated heterocycles. The van der Waals surface area contributed by atoms with E-state index in [2.05, 4.69) is 4.99 Å². The van der Waals surface area contributed by atoms with Crippen molar-refractivity contribution in [3.05, 3.63) is 98.1 Å². The largest absolute Gasteiger partial charge is 0.506 e. The van der Waals surface area contributed by atoms with Crippen molar-refractivity contribution in [3.63, 3.8) is 0 Å². The van der Waals surface area contributed by atoms with E-state index in [0.717, 1.165) is 18.2 Å². The number of aliphatic imine (C=N–C) groups is 1. The summed E-state index contributed by atoms with van der Waals surface area (Å²) in [6.07, 6.45) is 1.45. The Morgan fingerprint density at radius 3 is 2.23 bits per heavy atom. The maximum Gasteiger partial charge on any atom is 0.344 e. The lowest BCUT2D eigenvalue weighted by Crippen LogP contribution is -2.10. The fourth-order valence-corrected chi connectivity index (χ4v) is 2.47. The van der Waals surface area contributed by atoms with Gasteiger partial charge < -0.3 is 9.84 Å². The fraction of sp³-hybridized carbons (Fsp3) is 0. The Morgan fingerprint density at radius 2 is 1.60 bits per heavy atom. The molecular weight excluding hydrogens is 394 g/mol. The topological polar surface area (TPSA) is 145 Å². The zero-order chi connectivity index (χ0) is 21.7. The van der Waals surface area contributed by atoms with E-state index in [1.807, 2.05) is 0 Å². The minimum atomic E-state index is -0.989. The molecule has 1 N–H and O–H groups in total. The van der Waals surface area contributed by atoms with Gasteiger partial charge in [0.25, 0.3) is 11.4 Å². The van der Waals surface area contributed by atoms with Crippen LogP contribution in [-0.2, 0) is 0 Å². The molecule has 0 radical (unpaired) electrons. The number of benzene rings is 3. The molecule has 0 aromatic heterocycles. The number of carbonyl (C=O) groups excluding carboxylic acids is 1. The predicted octanol–water partition coefficient (Wildman–Crippen LogP) is 4.18. The van der Waals surface area contributed by atoms with Gasteiger partial charge in [0.15, 0.2) is 0 Å². The van der Waals surface area contributed by atoms with E-state index in [1.165, 1.54) is 24.4 Å². The number of nitrogens with zero attached hydrogens (tertiary/aromatic N) is 3. The third-order valence-corrected chi connectivity index (χ3v) is 3.86. The van der Waals surface area contributed by atoms with Gasteiger partial charge in [-0.2, -0.15) is 0 Å². The number of phenols is 1. The van der Waals surface area contributed by atoms with Gasteiger partial charge in [0, 0.05) is 18.3 Å². The van der Waals surface area contributed by atoms with Crippen LogP contribution in [0, 0.1) is 20.2 Å². The molecule has 30 heavy (non-hydrogen) atoms. The zero-order valence-corrected chi connectivity index (χ0v) is 15.2. The van der Waals surface area contributed by atoms with Gasteiger partial charge in [-0.15, -0.1) is 0 Å². The number of nitro benzene ring substituents is 2. The highest BCUT2D eigenvalue weighted by molar-refractivity contribution is 5.93. The number of phenolic OH excluding ortho intramolecular Hbond substituents is 1. The molecule has 0 aliphatic heterocycles. The molecule has 3 rings (SSSR count). The van der Waals surface area contributed by atoms with Gasteiger partial charge in [0.05, 0.1) is 21.5 Å². The number of nitro groups is 2. The summed E-state index contributed by atoms with van der Waals surface area (Å²) >= 11 is 0. The highest BCUT2D eigenvalue weighted by atomic mass is 16.6. The predicted molar refractivity (Wildman–Crippen MR) is 107 cm³/mol. The molecule has 0 saturated carbocycles. The van der Waals surface area contributed by atoms with E-state index in [9.17, 15) is 30.1 Å². The first kappa shape index (κ1) is 20.1. The van der Waals surface area contributed by atoms with Crippen LogP contribution in [0.15, 0.2) is 71.7 Å². The number of ether oxygens (including phenoxy) is 1. The minimum Gasteiger partial charge on any atom is -0.506 e. The molecule has 3 aromatic rings. The number of non-ortho nitro benzene ring substituents is 2. The van der Waals surface area contributed by atoms with Gasteiger partial charge in [-0.1, -0.05) is 24.3 Å².